The topological polar surface area (TPSA) is 24.5 Å². The quantitative estimate of drug-likeness (QED) is 0.897. The Morgan fingerprint density at radius 3 is 2.52 bits per heavy atom. The van der Waals surface area contributed by atoms with Gasteiger partial charge in [-0.3, -0.25) is 0 Å². The molecule has 0 radical (unpaired) electrons. The molecule has 0 fully saturated rings. The fourth-order valence-electron chi connectivity index (χ4n) is 2.25. The third-order valence-corrected chi connectivity index (χ3v) is 3.43. The van der Waals surface area contributed by atoms with Crippen molar-refractivity contribution in [3.05, 3.63) is 53.8 Å². The lowest BCUT2D eigenvalue weighted by Gasteiger charge is -2.22. The molecular formula is C17H21FN2O. The first-order chi connectivity index (χ1) is 10.0. The Bertz CT molecular complexity index is 613. The molecule has 4 heteroatoms. The third-order valence-electron chi connectivity index (χ3n) is 3.43. The van der Waals surface area contributed by atoms with Crippen molar-refractivity contribution in [2.24, 2.45) is 0 Å². The molecule has 2 aromatic carbocycles. The van der Waals surface area contributed by atoms with Crippen LogP contribution in [-0.4, -0.2) is 21.2 Å². The second-order valence-corrected chi connectivity index (χ2v) is 5.17. The number of nitrogens with one attached hydrogen (secondary N) is 1. The molecule has 0 saturated heterocycles. The average molecular weight is 288 g/mol. The summed E-state index contributed by atoms with van der Waals surface area (Å²) in [5.74, 6) is -0.0795. The molecule has 1 atom stereocenters. The van der Waals surface area contributed by atoms with E-state index in [0.29, 0.717) is 0 Å². The van der Waals surface area contributed by atoms with E-state index < -0.39 is 0 Å². The summed E-state index contributed by atoms with van der Waals surface area (Å²) in [6, 6.07) is 13.1. The highest BCUT2D eigenvalue weighted by Gasteiger charge is 2.11. The molecule has 0 bridgehead atoms. The van der Waals surface area contributed by atoms with Crippen molar-refractivity contribution in [3.63, 3.8) is 0 Å². The molecule has 0 aromatic heterocycles. The van der Waals surface area contributed by atoms with Gasteiger partial charge in [0.1, 0.15) is 0 Å². The first-order valence-corrected chi connectivity index (χ1v) is 6.89. The van der Waals surface area contributed by atoms with E-state index in [1.54, 1.807) is 12.1 Å². The summed E-state index contributed by atoms with van der Waals surface area (Å²) in [5.41, 5.74) is 3.12. The summed E-state index contributed by atoms with van der Waals surface area (Å²) < 4.78 is 18.5. The Morgan fingerprint density at radius 2 is 1.86 bits per heavy atom. The molecule has 21 heavy (non-hydrogen) atoms. The zero-order valence-corrected chi connectivity index (χ0v) is 12.9. The molecule has 0 aliphatic rings. The van der Waals surface area contributed by atoms with Crippen LogP contribution in [0.3, 0.4) is 0 Å². The van der Waals surface area contributed by atoms with Crippen LogP contribution in [0.4, 0.5) is 15.8 Å². The lowest BCUT2D eigenvalue weighted by molar-refractivity contribution is 0.385. The number of anilines is 2. The van der Waals surface area contributed by atoms with E-state index in [-0.39, 0.29) is 17.6 Å². The molecule has 0 aliphatic carbocycles. The van der Waals surface area contributed by atoms with Gasteiger partial charge in [-0.1, -0.05) is 18.2 Å². The SMILES string of the molecule is COc1cc(C(C)Nc2ccccc2N(C)C)ccc1F. The van der Waals surface area contributed by atoms with Crippen LogP contribution in [0.25, 0.3) is 0 Å². The molecule has 0 aliphatic heterocycles. The minimum Gasteiger partial charge on any atom is -0.494 e. The van der Waals surface area contributed by atoms with Gasteiger partial charge >= 0.3 is 0 Å². The first-order valence-electron chi connectivity index (χ1n) is 6.89. The molecule has 0 heterocycles. The van der Waals surface area contributed by atoms with Crippen LogP contribution in [0.1, 0.15) is 18.5 Å². The summed E-state index contributed by atoms with van der Waals surface area (Å²) >= 11 is 0. The van der Waals surface area contributed by atoms with E-state index in [0.717, 1.165) is 16.9 Å². The lowest BCUT2D eigenvalue weighted by Crippen LogP contribution is -2.14. The third kappa shape index (κ3) is 3.45. The monoisotopic (exact) mass is 288 g/mol. The van der Waals surface area contributed by atoms with Crippen molar-refractivity contribution in [1.82, 2.24) is 0 Å². The van der Waals surface area contributed by atoms with Crippen LogP contribution in [0, 0.1) is 5.82 Å². The van der Waals surface area contributed by atoms with Gasteiger partial charge < -0.3 is 15.0 Å². The number of rotatable bonds is 5. The Balaban J connectivity index is 2.24. The van der Waals surface area contributed by atoms with Crippen molar-refractivity contribution in [2.75, 3.05) is 31.4 Å². The summed E-state index contributed by atoms with van der Waals surface area (Å²) in [5, 5.41) is 3.46. The molecule has 0 saturated carbocycles. The van der Waals surface area contributed by atoms with Crippen molar-refractivity contribution in [2.45, 2.75) is 13.0 Å². The lowest BCUT2D eigenvalue weighted by atomic mass is 10.1. The van der Waals surface area contributed by atoms with Crippen LogP contribution in [0.2, 0.25) is 0 Å². The maximum absolute atomic E-state index is 13.5. The average Bonchev–Trinajstić information content (AvgIpc) is 2.48. The molecule has 3 nitrogen and oxygen atoms in total. The summed E-state index contributed by atoms with van der Waals surface area (Å²) in [6.45, 7) is 2.04. The van der Waals surface area contributed by atoms with Crippen LogP contribution in [-0.2, 0) is 0 Å². The van der Waals surface area contributed by atoms with Gasteiger partial charge in [0, 0.05) is 20.1 Å². The molecule has 112 valence electrons. The predicted octanol–water partition coefficient (Wildman–Crippen LogP) is 4.07. The van der Waals surface area contributed by atoms with Gasteiger partial charge in [-0.25, -0.2) is 4.39 Å². The number of hydrogen-bond donors (Lipinski definition) is 1. The number of nitrogens with zero attached hydrogens (tertiary/aromatic N) is 1. The van der Waals surface area contributed by atoms with Gasteiger partial charge in [-0.15, -0.1) is 0 Å². The minimum absolute atomic E-state index is 0.0422. The van der Waals surface area contributed by atoms with Gasteiger partial charge in [-0.2, -0.15) is 0 Å². The standard InChI is InChI=1S/C17H21FN2O/c1-12(13-9-10-14(18)17(11-13)21-4)19-15-7-5-6-8-16(15)20(2)3/h5-12,19H,1-4H3. The highest BCUT2D eigenvalue weighted by atomic mass is 19.1. The number of hydrogen-bond acceptors (Lipinski definition) is 3. The predicted molar refractivity (Wildman–Crippen MR) is 85.8 cm³/mol. The van der Waals surface area contributed by atoms with Crippen molar-refractivity contribution in [3.8, 4) is 5.75 Å². The molecule has 1 N–H and O–H groups in total. The first kappa shape index (κ1) is 15.2. The number of ether oxygens (including phenoxy) is 1. The summed E-state index contributed by atoms with van der Waals surface area (Å²) in [7, 11) is 5.49. The molecule has 2 aromatic rings. The van der Waals surface area contributed by atoms with Gasteiger partial charge in [0.15, 0.2) is 11.6 Å². The Hall–Kier alpha value is -2.23. The van der Waals surface area contributed by atoms with Crippen LogP contribution >= 0.6 is 0 Å². The molecule has 2 rings (SSSR count). The Labute approximate surface area is 125 Å². The zero-order chi connectivity index (χ0) is 15.4. The Morgan fingerprint density at radius 1 is 1.14 bits per heavy atom. The summed E-state index contributed by atoms with van der Waals surface area (Å²) in [4.78, 5) is 2.06. The molecule has 0 spiro atoms. The largest absolute Gasteiger partial charge is 0.494 e. The number of methoxy groups -OCH3 is 1. The van der Waals surface area contributed by atoms with Crippen molar-refractivity contribution in [1.29, 1.82) is 0 Å². The minimum atomic E-state index is -0.345. The smallest absolute Gasteiger partial charge is 0.165 e. The summed E-state index contributed by atoms with van der Waals surface area (Å²) in [6.07, 6.45) is 0. The zero-order valence-electron chi connectivity index (χ0n) is 12.9. The Kier molecular flexibility index (Phi) is 4.68. The number of benzene rings is 2. The fraction of sp³-hybridized carbons (Fsp3) is 0.294. The van der Waals surface area contributed by atoms with Gasteiger partial charge in [0.2, 0.25) is 0 Å². The second kappa shape index (κ2) is 6.48. The van der Waals surface area contributed by atoms with Crippen LogP contribution in [0.15, 0.2) is 42.5 Å². The van der Waals surface area contributed by atoms with E-state index in [1.807, 2.05) is 39.2 Å². The maximum Gasteiger partial charge on any atom is 0.165 e. The maximum atomic E-state index is 13.5. The normalized spacial score (nSPS) is 11.9. The van der Waals surface area contributed by atoms with Gasteiger partial charge in [0.05, 0.1) is 18.5 Å². The van der Waals surface area contributed by atoms with E-state index >= 15 is 0 Å². The second-order valence-electron chi connectivity index (χ2n) is 5.17. The number of para-hydroxylation sites is 2. The van der Waals surface area contributed by atoms with Crippen LogP contribution in [0.5, 0.6) is 5.75 Å². The fourth-order valence-corrected chi connectivity index (χ4v) is 2.25. The van der Waals surface area contributed by atoms with Gasteiger partial charge in [-0.05, 0) is 36.8 Å². The van der Waals surface area contributed by atoms with E-state index in [2.05, 4.69) is 16.3 Å². The number of halogens is 1. The highest BCUT2D eigenvalue weighted by Crippen LogP contribution is 2.29. The molecule has 0 amide bonds. The van der Waals surface area contributed by atoms with Gasteiger partial charge in [0.25, 0.3) is 0 Å². The van der Waals surface area contributed by atoms with Crippen molar-refractivity contribution < 1.29 is 9.13 Å². The van der Waals surface area contributed by atoms with E-state index in [4.69, 9.17) is 4.74 Å². The van der Waals surface area contributed by atoms with E-state index in [1.165, 1.54) is 13.2 Å². The molecular weight excluding hydrogens is 267 g/mol. The van der Waals surface area contributed by atoms with E-state index in [9.17, 15) is 4.39 Å². The van der Waals surface area contributed by atoms with Crippen LogP contribution < -0.4 is 15.0 Å². The molecule has 1 unspecified atom stereocenters. The van der Waals surface area contributed by atoms with Crippen molar-refractivity contribution >= 4 is 11.4 Å². The highest BCUT2D eigenvalue weighted by molar-refractivity contribution is 5.69.